The third kappa shape index (κ3) is 5.75. The highest BCUT2D eigenvalue weighted by molar-refractivity contribution is 5.90. The number of carbonyl (C=O) groups excluding carboxylic acids is 1. The number of hydrogen-bond donors (Lipinski definition) is 0. The number of amides is 1. The molecule has 1 aliphatic heterocycles. The van der Waals surface area contributed by atoms with Crippen LogP contribution in [0.25, 0.3) is 28.0 Å². The van der Waals surface area contributed by atoms with Gasteiger partial charge in [-0.3, -0.25) is 4.98 Å². The van der Waals surface area contributed by atoms with Gasteiger partial charge in [-0.15, -0.1) is 0 Å². The van der Waals surface area contributed by atoms with Gasteiger partial charge in [0.1, 0.15) is 28.7 Å². The summed E-state index contributed by atoms with van der Waals surface area (Å²) in [6, 6.07) is 8.25. The van der Waals surface area contributed by atoms with Crippen molar-refractivity contribution in [3.8, 4) is 16.9 Å². The summed E-state index contributed by atoms with van der Waals surface area (Å²) >= 11 is 0. The summed E-state index contributed by atoms with van der Waals surface area (Å²) in [7, 11) is 0. The van der Waals surface area contributed by atoms with Crippen molar-refractivity contribution in [1.82, 2.24) is 24.4 Å². The molecule has 44 heavy (non-hydrogen) atoms. The van der Waals surface area contributed by atoms with Gasteiger partial charge in [-0.2, -0.15) is 4.98 Å². The second kappa shape index (κ2) is 11.6. The van der Waals surface area contributed by atoms with Crippen molar-refractivity contribution in [2.75, 3.05) is 18.0 Å². The third-order valence-electron chi connectivity index (χ3n) is 7.74. The van der Waals surface area contributed by atoms with Crippen molar-refractivity contribution in [2.45, 2.75) is 79.0 Å². The number of piperazine rings is 1. The summed E-state index contributed by atoms with van der Waals surface area (Å²) in [6.45, 7) is 15.6. The zero-order valence-corrected chi connectivity index (χ0v) is 26.4. The SMILES string of the molecule is Cc1ccnc(C(C)C)c1-n1c(=O)nc(N2C[C@H](C)N(C(=O)OC(C)(C)C)C[C@@H]2C)c2cc(F)c(-c3ccccc3F)nc21. The van der Waals surface area contributed by atoms with E-state index in [1.54, 1.807) is 23.2 Å². The molecule has 1 amide bonds. The summed E-state index contributed by atoms with van der Waals surface area (Å²) in [5.74, 6) is -1.21. The number of hydrogen-bond acceptors (Lipinski definition) is 7. The predicted molar refractivity (Wildman–Crippen MR) is 166 cm³/mol. The fourth-order valence-electron chi connectivity index (χ4n) is 5.65. The fraction of sp³-hybridized carbons (Fsp3) is 0.424. The minimum Gasteiger partial charge on any atom is -0.444 e. The number of aryl methyl sites for hydroxylation is 1. The van der Waals surface area contributed by atoms with Gasteiger partial charge in [0.15, 0.2) is 5.65 Å². The highest BCUT2D eigenvalue weighted by Crippen LogP contribution is 2.34. The first-order valence-electron chi connectivity index (χ1n) is 14.8. The van der Waals surface area contributed by atoms with E-state index in [2.05, 4.69) is 15.0 Å². The molecule has 0 radical (unpaired) electrons. The Balaban J connectivity index is 1.74. The summed E-state index contributed by atoms with van der Waals surface area (Å²) in [4.78, 5) is 44.2. The number of pyridine rings is 2. The van der Waals surface area contributed by atoms with E-state index in [0.29, 0.717) is 24.5 Å². The quantitative estimate of drug-likeness (QED) is 0.267. The number of rotatable bonds is 4. The fourth-order valence-corrected chi connectivity index (χ4v) is 5.65. The van der Waals surface area contributed by atoms with E-state index in [0.717, 1.165) is 5.56 Å². The van der Waals surface area contributed by atoms with Crippen LogP contribution >= 0.6 is 0 Å². The van der Waals surface area contributed by atoms with Crippen LogP contribution in [0.3, 0.4) is 0 Å². The van der Waals surface area contributed by atoms with Crippen LogP contribution in [-0.4, -0.2) is 61.3 Å². The first kappa shape index (κ1) is 31.0. The van der Waals surface area contributed by atoms with Crippen LogP contribution < -0.4 is 10.6 Å². The van der Waals surface area contributed by atoms with Crippen molar-refractivity contribution < 1.29 is 18.3 Å². The summed E-state index contributed by atoms with van der Waals surface area (Å²) in [5, 5.41) is 0.282. The Bertz CT molecular complexity index is 1800. The molecule has 0 unspecified atom stereocenters. The molecule has 0 aliphatic carbocycles. The van der Waals surface area contributed by atoms with Gasteiger partial charge in [-0.05, 0) is 77.3 Å². The van der Waals surface area contributed by atoms with Gasteiger partial charge in [0.25, 0.3) is 0 Å². The summed E-state index contributed by atoms with van der Waals surface area (Å²) in [6.07, 6.45) is 1.24. The minimum absolute atomic E-state index is 0.0239. The molecule has 232 valence electrons. The number of nitrogens with zero attached hydrogens (tertiary/aromatic N) is 6. The molecule has 3 aromatic heterocycles. The number of benzene rings is 1. The molecule has 1 aliphatic rings. The maximum Gasteiger partial charge on any atom is 0.410 e. The molecule has 4 heterocycles. The average molecular weight is 605 g/mol. The second-order valence-electron chi connectivity index (χ2n) is 12.7. The second-order valence-corrected chi connectivity index (χ2v) is 12.7. The monoisotopic (exact) mass is 604 g/mol. The number of fused-ring (bicyclic) bond motifs is 1. The van der Waals surface area contributed by atoms with Crippen LogP contribution in [0.2, 0.25) is 0 Å². The van der Waals surface area contributed by atoms with Crippen molar-refractivity contribution >= 4 is 22.9 Å². The van der Waals surface area contributed by atoms with Crippen molar-refractivity contribution in [2.24, 2.45) is 0 Å². The Kier molecular flexibility index (Phi) is 8.17. The van der Waals surface area contributed by atoms with E-state index in [9.17, 15) is 14.0 Å². The molecule has 0 spiro atoms. The van der Waals surface area contributed by atoms with Crippen LogP contribution in [0.15, 0.2) is 47.4 Å². The lowest BCUT2D eigenvalue weighted by Gasteiger charge is -2.44. The van der Waals surface area contributed by atoms with Gasteiger partial charge in [0, 0.05) is 36.9 Å². The highest BCUT2D eigenvalue weighted by Gasteiger charge is 2.36. The Morgan fingerprint density at radius 1 is 1.02 bits per heavy atom. The van der Waals surface area contributed by atoms with E-state index in [4.69, 9.17) is 4.74 Å². The summed E-state index contributed by atoms with van der Waals surface area (Å²) in [5.41, 5.74) is 0.520. The van der Waals surface area contributed by atoms with Gasteiger partial charge in [-0.1, -0.05) is 26.0 Å². The van der Waals surface area contributed by atoms with Crippen molar-refractivity contribution in [3.05, 3.63) is 76.0 Å². The molecule has 0 bridgehead atoms. The van der Waals surface area contributed by atoms with E-state index >= 15 is 4.39 Å². The Morgan fingerprint density at radius 3 is 2.39 bits per heavy atom. The molecule has 4 aromatic rings. The topological polar surface area (TPSA) is 93.5 Å². The molecule has 0 N–H and O–H groups in total. The standard InChI is InChI=1S/C33H38F2N6O3/c1-18(2)26-28(19(3)13-14-36-26)41-30-23(15-25(35)27(37-30)22-11-9-10-12-24(22)34)29(38-31(41)42)39-16-21(5)40(17-20(39)4)32(43)44-33(6,7)8/h9-15,18,20-21H,16-17H2,1-8H3/t20-,21-/m0/s1. The smallest absolute Gasteiger partial charge is 0.410 e. The van der Waals surface area contributed by atoms with E-state index in [1.165, 1.54) is 28.8 Å². The molecular weight excluding hydrogens is 566 g/mol. The van der Waals surface area contributed by atoms with Crippen molar-refractivity contribution in [1.29, 1.82) is 0 Å². The lowest BCUT2D eigenvalue weighted by Crippen LogP contribution is -2.59. The zero-order chi connectivity index (χ0) is 32.1. The number of anilines is 1. The normalized spacial score (nSPS) is 17.4. The largest absolute Gasteiger partial charge is 0.444 e. The van der Waals surface area contributed by atoms with Crippen LogP contribution in [0.1, 0.15) is 65.6 Å². The van der Waals surface area contributed by atoms with E-state index in [-0.39, 0.29) is 46.1 Å². The first-order chi connectivity index (χ1) is 20.7. The Hall–Kier alpha value is -4.41. The average Bonchev–Trinajstić information content (AvgIpc) is 2.93. The van der Waals surface area contributed by atoms with Gasteiger partial charge in [-0.25, -0.2) is 27.9 Å². The lowest BCUT2D eigenvalue weighted by molar-refractivity contribution is 0.0130. The molecule has 1 saturated heterocycles. The van der Waals surface area contributed by atoms with Crippen molar-refractivity contribution in [3.63, 3.8) is 0 Å². The number of aromatic nitrogens is 4. The van der Waals surface area contributed by atoms with Crippen LogP contribution in [0.5, 0.6) is 0 Å². The molecule has 5 rings (SSSR count). The lowest BCUT2D eigenvalue weighted by atomic mass is 10.0. The Labute approximate surface area is 255 Å². The van der Waals surface area contributed by atoms with Gasteiger partial charge < -0.3 is 14.5 Å². The van der Waals surface area contributed by atoms with Crippen LogP contribution in [0, 0.1) is 18.6 Å². The Morgan fingerprint density at radius 2 is 1.73 bits per heavy atom. The first-order valence-corrected chi connectivity index (χ1v) is 14.8. The molecule has 1 aromatic carbocycles. The molecule has 1 fully saturated rings. The van der Waals surface area contributed by atoms with Crippen LogP contribution in [-0.2, 0) is 4.74 Å². The van der Waals surface area contributed by atoms with Gasteiger partial charge in [0.05, 0.1) is 16.8 Å². The molecular formula is C33H38F2N6O3. The number of halogens is 2. The van der Waals surface area contributed by atoms with E-state index in [1.807, 2.05) is 60.3 Å². The minimum atomic E-state index is -0.754. The maximum absolute atomic E-state index is 15.9. The van der Waals surface area contributed by atoms with E-state index < -0.39 is 29.0 Å². The zero-order valence-electron chi connectivity index (χ0n) is 26.4. The molecule has 9 nitrogen and oxygen atoms in total. The molecule has 0 saturated carbocycles. The maximum atomic E-state index is 15.9. The van der Waals surface area contributed by atoms with Gasteiger partial charge in [0.2, 0.25) is 0 Å². The predicted octanol–water partition coefficient (Wildman–Crippen LogP) is 6.39. The number of carbonyl (C=O) groups is 1. The highest BCUT2D eigenvalue weighted by atomic mass is 19.1. The third-order valence-corrected chi connectivity index (χ3v) is 7.74. The van der Waals surface area contributed by atoms with Crippen LogP contribution in [0.4, 0.5) is 19.4 Å². The number of ether oxygens (including phenoxy) is 1. The molecule has 2 atom stereocenters. The molecule has 11 heteroatoms. The van der Waals surface area contributed by atoms with Gasteiger partial charge >= 0.3 is 11.8 Å². The summed E-state index contributed by atoms with van der Waals surface area (Å²) < 4.78 is 37.8.